The van der Waals surface area contributed by atoms with Gasteiger partial charge in [-0.05, 0) is 25.0 Å². The van der Waals surface area contributed by atoms with E-state index in [4.69, 9.17) is 0 Å². The summed E-state index contributed by atoms with van der Waals surface area (Å²) in [6.07, 6.45) is 1.93. The van der Waals surface area contributed by atoms with Gasteiger partial charge in [-0.3, -0.25) is 14.5 Å². The van der Waals surface area contributed by atoms with E-state index in [0.29, 0.717) is 19.4 Å². The van der Waals surface area contributed by atoms with E-state index in [2.05, 4.69) is 5.32 Å². The Bertz CT molecular complexity index is 546. The predicted molar refractivity (Wildman–Crippen MR) is 75.1 cm³/mol. The molecule has 2 aliphatic rings. The van der Waals surface area contributed by atoms with Crippen LogP contribution in [-0.4, -0.2) is 23.2 Å². The molecule has 1 N–H and O–H groups in total. The van der Waals surface area contributed by atoms with Crippen molar-refractivity contribution in [3.8, 4) is 0 Å². The van der Waals surface area contributed by atoms with Gasteiger partial charge < -0.3 is 5.32 Å². The molecule has 1 unspecified atom stereocenters. The van der Waals surface area contributed by atoms with Crippen molar-refractivity contribution in [2.75, 3.05) is 11.4 Å². The first-order valence-electron chi connectivity index (χ1n) is 6.58. The van der Waals surface area contributed by atoms with Crippen LogP contribution in [0.3, 0.4) is 0 Å². The molecule has 100 valence electrons. The number of carbonyl (C=O) groups is 2. The Labute approximate surface area is 116 Å². The minimum atomic E-state index is -0.754. The maximum absolute atomic E-state index is 12.5. The molecule has 1 saturated heterocycles. The number of carbonyl (C=O) groups excluding carboxylic acids is 2. The highest BCUT2D eigenvalue weighted by Crippen LogP contribution is 2.55. The maximum atomic E-state index is 12.5. The lowest BCUT2D eigenvalue weighted by Crippen LogP contribution is -2.52. The first kappa shape index (κ1) is 12.5. The summed E-state index contributed by atoms with van der Waals surface area (Å²) in [7, 11) is 0. The van der Waals surface area contributed by atoms with Gasteiger partial charge in [0.2, 0.25) is 5.91 Å². The van der Waals surface area contributed by atoms with Crippen LogP contribution in [0.5, 0.6) is 0 Å². The van der Waals surface area contributed by atoms with Crippen LogP contribution in [-0.2, 0) is 9.59 Å². The number of nitrogens with zero attached hydrogens (tertiary/aromatic N) is 1. The molecule has 0 saturated carbocycles. The monoisotopic (exact) mass is 276 g/mol. The van der Waals surface area contributed by atoms with Crippen LogP contribution >= 0.6 is 11.8 Å². The Kier molecular flexibility index (Phi) is 3.01. The highest BCUT2D eigenvalue weighted by molar-refractivity contribution is 8.02. The van der Waals surface area contributed by atoms with Gasteiger partial charge in [-0.25, -0.2) is 0 Å². The quantitative estimate of drug-likeness (QED) is 0.920. The number of thioether (sulfide) groups is 1. The summed E-state index contributed by atoms with van der Waals surface area (Å²) in [5.74, 6) is 0.00509. The molecule has 2 aliphatic heterocycles. The zero-order chi connectivity index (χ0) is 13.5. The van der Waals surface area contributed by atoms with Crippen LogP contribution in [0.1, 0.15) is 26.2 Å². The molecule has 0 aliphatic carbocycles. The predicted octanol–water partition coefficient (Wildman–Crippen LogP) is 2.14. The van der Waals surface area contributed by atoms with Gasteiger partial charge in [0, 0.05) is 17.9 Å². The van der Waals surface area contributed by atoms with Gasteiger partial charge in [-0.2, -0.15) is 0 Å². The van der Waals surface area contributed by atoms with E-state index in [-0.39, 0.29) is 11.8 Å². The second-order valence-electron chi connectivity index (χ2n) is 4.84. The van der Waals surface area contributed by atoms with Crippen LogP contribution in [0.15, 0.2) is 29.2 Å². The number of nitrogens with one attached hydrogen (secondary N) is 1. The molecule has 5 heteroatoms. The summed E-state index contributed by atoms with van der Waals surface area (Å²) >= 11 is 1.51. The molecule has 2 heterocycles. The van der Waals surface area contributed by atoms with E-state index in [9.17, 15) is 9.59 Å². The molecule has 0 aromatic heterocycles. The molecular weight excluding hydrogens is 260 g/mol. The largest absolute Gasteiger partial charge is 0.353 e. The van der Waals surface area contributed by atoms with Crippen LogP contribution in [0.2, 0.25) is 0 Å². The Morgan fingerprint density at radius 1 is 1.47 bits per heavy atom. The summed E-state index contributed by atoms with van der Waals surface area (Å²) in [6, 6.07) is 7.74. The summed E-state index contributed by atoms with van der Waals surface area (Å²) < 4.78 is 0. The third-order valence-corrected chi connectivity index (χ3v) is 5.04. The van der Waals surface area contributed by atoms with E-state index < -0.39 is 4.87 Å². The molecule has 1 atom stereocenters. The van der Waals surface area contributed by atoms with Gasteiger partial charge in [0.1, 0.15) is 0 Å². The Balaban J connectivity index is 1.98. The summed E-state index contributed by atoms with van der Waals surface area (Å²) in [5.41, 5.74) is 0.877. The van der Waals surface area contributed by atoms with E-state index in [1.54, 1.807) is 4.90 Å². The molecule has 3 rings (SSSR count). The molecule has 0 spiro atoms. The van der Waals surface area contributed by atoms with Crippen molar-refractivity contribution in [3.05, 3.63) is 24.3 Å². The van der Waals surface area contributed by atoms with Gasteiger partial charge in [0.05, 0.1) is 5.69 Å². The molecule has 4 nitrogen and oxygen atoms in total. The van der Waals surface area contributed by atoms with Crippen LogP contribution in [0.4, 0.5) is 5.69 Å². The van der Waals surface area contributed by atoms with Crippen molar-refractivity contribution in [1.82, 2.24) is 5.32 Å². The summed E-state index contributed by atoms with van der Waals surface area (Å²) in [6.45, 7) is 2.67. The second kappa shape index (κ2) is 4.56. The van der Waals surface area contributed by atoms with Gasteiger partial charge in [-0.15, -0.1) is 0 Å². The van der Waals surface area contributed by atoms with Crippen molar-refractivity contribution in [2.24, 2.45) is 0 Å². The molecule has 1 aromatic rings. The molecular formula is C14H16N2O2S. The molecule has 2 amide bonds. The average Bonchev–Trinajstić information content (AvgIpc) is 2.92. The fourth-order valence-electron chi connectivity index (χ4n) is 2.68. The first-order valence-corrected chi connectivity index (χ1v) is 7.40. The highest BCUT2D eigenvalue weighted by Gasteiger charge is 2.57. The van der Waals surface area contributed by atoms with Crippen LogP contribution in [0.25, 0.3) is 0 Å². The first-order chi connectivity index (χ1) is 9.19. The van der Waals surface area contributed by atoms with Crippen molar-refractivity contribution in [3.63, 3.8) is 0 Å². The van der Waals surface area contributed by atoms with Gasteiger partial charge in [0.25, 0.3) is 5.91 Å². The molecule has 0 bridgehead atoms. The Morgan fingerprint density at radius 2 is 2.26 bits per heavy atom. The second-order valence-corrected chi connectivity index (χ2v) is 6.16. The number of anilines is 1. The summed E-state index contributed by atoms with van der Waals surface area (Å²) in [4.78, 5) is 26.6. The normalized spacial score (nSPS) is 24.3. The Hall–Kier alpha value is -1.49. The smallest absolute Gasteiger partial charge is 0.257 e. The number of fused-ring (bicyclic) bond motifs is 3. The van der Waals surface area contributed by atoms with E-state index in [1.807, 2.05) is 31.2 Å². The van der Waals surface area contributed by atoms with Crippen LogP contribution < -0.4 is 10.2 Å². The lowest BCUT2D eigenvalue weighted by Gasteiger charge is -2.29. The summed E-state index contributed by atoms with van der Waals surface area (Å²) in [5, 5.41) is 2.94. The fourth-order valence-corrected chi connectivity index (χ4v) is 4.11. The van der Waals surface area contributed by atoms with E-state index in [1.165, 1.54) is 11.8 Å². The van der Waals surface area contributed by atoms with Crippen molar-refractivity contribution in [2.45, 2.75) is 36.0 Å². The van der Waals surface area contributed by atoms with Crippen molar-refractivity contribution in [1.29, 1.82) is 0 Å². The SMILES string of the molecule is CCCNC(=O)C12CCC(=O)N1c1ccccc1S2. The maximum Gasteiger partial charge on any atom is 0.257 e. The Morgan fingerprint density at radius 3 is 3.05 bits per heavy atom. The number of rotatable bonds is 3. The van der Waals surface area contributed by atoms with Gasteiger partial charge >= 0.3 is 0 Å². The number of benzene rings is 1. The zero-order valence-corrected chi connectivity index (χ0v) is 11.6. The minimum absolute atomic E-state index is 0.0404. The zero-order valence-electron chi connectivity index (χ0n) is 10.8. The number of para-hydroxylation sites is 1. The van der Waals surface area contributed by atoms with Crippen molar-refractivity contribution < 1.29 is 9.59 Å². The van der Waals surface area contributed by atoms with E-state index in [0.717, 1.165) is 17.0 Å². The number of amides is 2. The average molecular weight is 276 g/mol. The third-order valence-electron chi connectivity index (χ3n) is 3.56. The van der Waals surface area contributed by atoms with Gasteiger partial charge in [-0.1, -0.05) is 30.8 Å². The number of hydrogen-bond acceptors (Lipinski definition) is 3. The van der Waals surface area contributed by atoms with Crippen molar-refractivity contribution >= 4 is 29.3 Å². The van der Waals surface area contributed by atoms with Gasteiger partial charge in [0.15, 0.2) is 4.87 Å². The topological polar surface area (TPSA) is 49.4 Å². The molecule has 1 aromatic carbocycles. The minimum Gasteiger partial charge on any atom is -0.353 e. The molecule has 19 heavy (non-hydrogen) atoms. The fraction of sp³-hybridized carbons (Fsp3) is 0.429. The molecule has 1 fully saturated rings. The lowest BCUT2D eigenvalue weighted by atomic mass is 10.2. The molecule has 0 radical (unpaired) electrons. The number of hydrogen-bond donors (Lipinski definition) is 1. The van der Waals surface area contributed by atoms with E-state index >= 15 is 0 Å². The third kappa shape index (κ3) is 1.75. The standard InChI is InChI=1S/C14H16N2O2S/c1-2-9-15-13(18)14-8-7-12(17)16(14)10-5-3-4-6-11(10)19-14/h3-6H,2,7-9H2,1H3,(H,15,18). The van der Waals surface area contributed by atoms with Crippen LogP contribution in [0, 0.1) is 0 Å². The lowest BCUT2D eigenvalue weighted by molar-refractivity contribution is -0.124. The highest BCUT2D eigenvalue weighted by atomic mass is 32.2.